The molecule has 0 fully saturated rings. The second kappa shape index (κ2) is 6.51. The lowest BCUT2D eigenvalue weighted by molar-refractivity contribution is 0.0919. The zero-order valence-corrected chi connectivity index (χ0v) is 13.8. The van der Waals surface area contributed by atoms with Gasteiger partial charge in [-0.2, -0.15) is 0 Å². The number of aromatic hydroxyl groups is 1. The van der Waals surface area contributed by atoms with Crippen LogP contribution in [0.4, 0.5) is 0 Å². The zero-order valence-electron chi connectivity index (χ0n) is 10.9. The molecular formula is C13H17IN2O2S. The molecule has 6 heteroatoms. The summed E-state index contributed by atoms with van der Waals surface area (Å²) in [6.45, 7) is 3.85. The summed E-state index contributed by atoms with van der Waals surface area (Å²) >= 11 is 7.05. The Hall–Kier alpha value is -0.890. The minimum absolute atomic E-state index is 0.0853. The summed E-state index contributed by atoms with van der Waals surface area (Å²) in [5.74, 6) is -0.203. The van der Waals surface area contributed by atoms with Gasteiger partial charge in [-0.1, -0.05) is 26.1 Å². The van der Waals surface area contributed by atoms with Crippen LogP contribution >= 0.6 is 34.8 Å². The number of nitrogens with one attached hydrogen (secondary N) is 1. The van der Waals surface area contributed by atoms with E-state index in [4.69, 9.17) is 18.0 Å². The van der Waals surface area contributed by atoms with Gasteiger partial charge in [0.25, 0.3) is 5.91 Å². The topological polar surface area (TPSA) is 75.3 Å². The van der Waals surface area contributed by atoms with Gasteiger partial charge in [0.05, 0.1) is 14.1 Å². The highest BCUT2D eigenvalue weighted by atomic mass is 127. The molecule has 1 aromatic rings. The Balaban J connectivity index is 3.00. The highest BCUT2D eigenvalue weighted by molar-refractivity contribution is 14.1. The number of phenols is 1. The molecule has 0 saturated carbocycles. The van der Waals surface area contributed by atoms with Crippen LogP contribution in [0, 0.1) is 3.57 Å². The van der Waals surface area contributed by atoms with E-state index in [0.717, 1.165) is 0 Å². The molecule has 0 spiro atoms. The smallest absolute Gasteiger partial charge is 0.252 e. The van der Waals surface area contributed by atoms with Gasteiger partial charge in [-0.25, -0.2) is 0 Å². The summed E-state index contributed by atoms with van der Waals surface area (Å²) < 4.78 is 0.695. The average Bonchev–Trinajstić information content (AvgIpc) is 2.38. The number of nitrogens with two attached hydrogens (primary N) is 1. The Labute approximate surface area is 131 Å². The predicted molar refractivity (Wildman–Crippen MR) is 88.4 cm³/mol. The van der Waals surface area contributed by atoms with E-state index in [-0.39, 0.29) is 16.6 Å². The fraction of sp³-hybridized carbons (Fsp3) is 0.385. The first-order valence-corrected chi connectivity index (χ1v) is 7.46. The van der Waals surface area contributed by atoms with Crippen molar-refractivity contribution < 1.29 is 9.90 Å². The summed E-state index contributed by atoms with van der Waals surface area (Å²) in [5.41, 5.74) is 5.45. The second-order valence-corrected chi connectivity index (χ2v) is 5.88. The molecule has 19 heavy (non-hydrogen) atoms. The summed E-state index contributed by atoms with van der Waals surface area (Å²) in [6.07, 6.45) is 1.25. The van der Waals surface area contributed by atoms with Crippen molar-refractivity contribution in [1.82, 2.24) is 5.32 Å². The molecule has 1 rings (SSSR count). The molecule has 1 aromatic carbocycles. The predicted octanol–water partition coefficient (Wildman–Crippen LogP) is 2.57. The quantitative estimate of drug-likeness (QED) is 0.532. The third-order valence-corrected chi connectivity index (χ3v) is 4.54. The van der Waals surface area contributed by atoms with Crippen molar-refractivity contribution >= 4 is 45.7 Å². The van der Waals surface area contributed by atoms with Crippen molar-refractivity contribution in [1.29, 1.82) is 0 Å². The maximum atomic E-state index is 12.2. The Kier molecular flexibility index (Phi) is 5.54. The fourth-order valence-corrected chi connectivity index (χ4v) is 2.46. The first-order valence-electron chi connectivity index (χ1n) is 5.97. The van der Waals surface area contributed by atoms with E-state index in [1.165, 1.54) is 6.07 Å². The maximum absolute atomic E-state index is 12.2. The van der Waals surface area contributed by atoms with Gasteiger partial charge in [0, 0.05) is 5.56 Å². The molecule has 0 unspecified atom stereocenters. The van der Waals surface area contributed by atoms with E-state index >= 15 is 0 Å². The molecule has 4 N–H and O–H groups in total. The van der Waals surface area contributed by atoms with Crippen LogP contribution in [0.15, 0.2) is 18.2 Å². The Morgan fingerprint density at radius 1 is 1.47 bits per heavy atom. The van der Waals surface area contributed by atoms with E-state index in [2.05, 4.69) is 5.32 Å². The minimum Gasteiger partial charge on any atom is -0.507 e. The molecule has 104 valence electrons. The van der Waals surface area contributed by atoms with Crippen molar-refractivity contribution in [2.45, 2.75) is 32.2 Å². The largest absolute Gasteiger partial charge is 0.507 e. The molecule has 0 saturated heterocycles. The van der Waals surface area contributed by atoms with Crippen LogP contribution in [0.3, 0.4) is 0 Å². The normalized spacial score (nSPS) is 11.1. The number of hydrogen-bond donors (Lipinski definition) is 3. The number of carbonyl (C=O) groups excluding carboxylic acids is 1. The Bertz CT molecular complexity index is 501. The van der Waals surface area contributed by atoms with Gasteiger partial charge in [0.15, 0.2) is 0 Å². The summed E-state index contributed by atoms with van der Waals surface area (Å²) in [5, 5.41) is 12.5. The third-order valence-electron chi connectivity index (χ3n) is 3.24. The number of hydrogen-bond acceptors (Lipinski definition) is 3. The van der Waals surface area contributed by atoms with Gasteiger partial charge >= 0.3 is 0 Å². The number of amides is 1. The van der Waals surface area contributed by atoms with E-state index in [1.807, 2.05) is 36.4 Å². The molecule has 0 atom stereocenters. The monoisotopic (exact) mass is 392 g/mol. The molecule has 0 aromatic heterocycles. The van der Waals surface area contributed by atoms with Gasteiger partial charge in [0.1, 0.15) is 5.75 Å². The van der Waals surface area contributed by atoms with Crippen LogP contribution in [-0.4, -0.2) is 21.5 Å². The molecule has 0 radical (unpaired) electrons. The van der Waals surface area contributed by atoms with Crippen LogP contribution in [0.2, 0.25) is 0 Å². The number of rotatable bonds is 5. The highest BCUT2D eigenvalue weighted by Gasteiger charge is 2.31. The van der Waals surface area contributed by atoms with Crippen molar-refractivity contribution in [3.63, 3.8) is 0 Å². The molecule has 0 bridgehead atoms. The number of phenolic OH excluding ortho intramolecular Hbond substituents is 1. The van der Waals surface area contributed by atoms with Crippen molar-refractivity contribution in [2.75, 3.05) is 0 Å². The van der Waals surface area contributed by atoms with Crippen molar-refractivity contribution in [2.24, 2.45) is 5.73 Å². The maximum Gasteiger partial charge on any atom is 0.252 e. The molecule has 0 aliphatic rings. The van der Waals surface area contributed by atoms with Crippen LogP contribution in [0.5, 0.6) is 5.75 Å². The number of carbonyl (C=O) groups is 1. The van der Waals surface area contributed by atoms with Gasteiger partial charge < -0.3 is 16.2 Å². The first-order chi connectivity index (χ1) is 8.86. The van der Waals surface area contributed by atoms with Crippen LogP contribution in [0.25, 0.3) is 0 Å². The van der Waals surface area contributed by atoms with Crippen molar-refractivity contribution in [3.05, 3.63) is 27.3 Å². The molecule has 4 nitrogen and oxygen atoms in total. The Morgan fingerprint density at radius 2 is 2.05 bits per heavy atom. The Morgan fingerprint density at radius 3 is 2.47 bits per heavy atom. The standard InChI is InChI=1S/C13H17IN2O2S/c1-3-13(4-2,12(15)19)16-11(18)8-5-6-9(14)10(17)7-8/h5-7,17H,3-4H2,1-2H3,(H2,15,19)(H,16,18). The zero-order chi connectivity index (χ0) is 14.6. The number of halogens is 1. The van der Waals surface area contributed by atoms with Gasteiger partial charge in [0.2, 0.25) is 0 Å². The fourth-order valence-electron chi connectivity index (χ4n) is 1.78. The summed E-state index contributed by atoms with van der Waals surface area (Å²) in [4.78, 5) is 12.5. The molecule has 0 heterocycles. The van der Waals surface area contributed by atoms with Gasteiger partial charge in [-0.3, -0.25) is 4.79 Å². The highest BCUT2D eigenvalue weighted by Crippen LogP contribution is 2.22. The third kappa shape index (κ3) is 3.56. The van der Waals surface area contributed by atoms with E-state index in [9.17, 15) is 9.90 Å². The molecular weight excluding hydrogens is 375 g/mol. The lowest BCUT2D eigenvalue weighted by Gasteiger charge is -2.31. The second-order valence-electron chi connectivity index (χ2n) is 4.27. The average molecular weight is 392 g/mol. The SMILES string of the molecule is CCC(CC)(NC(=O)c1ccc(I)c(O)c1)C(N)=S. The number of thiocarbonyl (C=S) groups is 1. The van der Waals surface area contributed by atoms with Gasteiger partial charge in [-0.15, -0.1) is 0 Å². The lowest BCUT2D eigenvalue weighted by atomic mass is 9.92. The number of benzene rings is 1. The first kappa shape index (κ1) is 16.2. The molecule has 0 aliphatic carbocycles. The van der Waals surface area contributed by atoms with Crippen LogP contribution in [0.1, 0.15) is 37.0 Å². The van der Waals surface area contributed by atoms with Crippen LogP contribution in [-0.2, 0) is 0 Å². The minimum atomic E-state index is -0.676. The lowest BCUT2D eigenvalue weighted by Crippen LogP contribution is -2.55. The van der Waals surface area contributed by atoms with Crippen LogP contribution < -0.4 is 11.1 Å². The van der Waals surface area contributed by atoms with Crippen molar-refractivity contribution in [3.8, 4) is 5.75 Å². The van der Waals surface area contributed by atoms with Gasteiger partial charge in [-0.05, 0) is 53.6 Å². The van der Waals surface area contributed by atoms with E-state index in [1.54, 1.807) is 12.1 Å². The van der Waals surface area contributed by atoms with E-state index in [0.29, 0.717) is 22.0 Å². The van der Waals surface area contributed by atoms with E-state index < -0.39 is 5.54 Å². The summed E-state index contributed by atoms with van der Waals surface area (Å²) in [7, 11) is 0. The molecule has 0 aliphatic heterocycles. The molecule has 1 amide bonds. The summed E-state index contributed by atoms with van der Waals surface area (Å²) in [6, 6.07) is 4.78.